The summed E-state index contributed by atoms with van der Waals surface area (Å²) in [7, 11) is 0. The van der Waals surface area contributed by atoms with Crippen LogP contribution < -0.4 is 5.32 Å². The fourth-order valence-corrected chi connectivity index (χ4v) is 3.45. The fraction of sp³-hybridized carbons (Fsp3) is 0.882. The van der Waals surface area contributed by atoms with Gasteiger partial charge in [-0.25, -0.2) is 0 Å². The molecule has 2 aliphatic rings. The van der Waals surface area contributed by atoms with Crippen LogP contribution in [0.2, 0.25) is 0 Å². The van der Waals surface area contributed by atoms with Crippen LogP contribution in [0.5, 0.6) is 0 Å². The Balaban J connectivity index is 2.17. The monoisotopic (exact) mass is 294 g/mol. The number of rotatable bonds is 7. The van der Waals surface area contributed by atoms with Crippen LogP contribution in [0, 0.1) is 11.8 Å². The lowest BCUT2D eigenvalue weighted by molar-refractivity contribution is -0.158. The molecular formula is C17H30N2O2. The van der Waals surface area contributed by atoms with Gasteiger partial charge in [-0.15, -0.1) is 0 Å². The second-order valence-electron chi connectivity index (χ2n) is 7.27. The fourth-order valence-electron chi connectivity index (χ4n) is 3.45. The van der Waals surface area contributed by atoms with Crippen LogP contribution >= 0.6 is 0 Å². The van der Waals surface area contributed by atoms with Crippen molar-refractivity contribution in [2.75, 3.05) is 6.54 Å². The Labute approximate surface area is 128 Å². The lowest BCUT2D eigenvalue weighted by atomic mass is 9.86. The van der Waals surface area contributed by atoms with Gasteiger partial charge in [0.1, 0.15) is 11.6 Å². The van der Waals surface area contributed by atoms with Crippen molar-refractivity contribution < 1.29 is 9.59 Å². The van der Waals surface area contributed by atoms with Crippen molar-refractivity contribution in [1.29, 1.82) is 0 Å². The van der Waals surface area contributed by atoms with Gasteiger partial charge in [-0.05, 0) is 44.4 Å². The predicted octanol–water partition coefficient (Wildman–Crippen LogP) is 2.72. The van der Waals surface area contributed by atoms with E-state index in [4.69, 9.17) is 0 Å². The number of carbonyl (C=O) groups excluding carboxylic acids is 2. The van der Waals surface area contributed by atoms with Crippen LogP contribution in [0.1, 0.15) is 66.2 Å². The number of unbranched alkanes of at least 4 members (excludes halogenated alkanes) is 2. The number of hydrogen-bond acceptors (Lipinski definition) is 2. The highest BCUT2D eigenvalue weighted by Crippen LogP contribution is 2.45. The molecule has 1 N–H and O–H groups in total. The predicted molar refractivity (Wildman–Crippen MR) is 83.8 cm³/mol. The van der Waals surface area contributed by atoms with Crippen molar-refractivity contribution >= 4 is 11.8 Å². The quantitative estimate of drug-likeness (QED) is 0.734. The molecular weight excluding hydrogens is 264 g/mol. The molecule has 1 saturated carbocycles. The smallest absolute Gasteiger partial charge is 0.246 e. The van der Waals surface area contributed by atoms with E-state index >= 15 is 0 Å². The van der Waals surface area contributed by atoms with Crippen LogP contribution in [-0.2, 0) is 9.59 Å². The first-order chi connectivity index (χ1) is 9.91. The number of nitrogens with zero attached hydrogens (tertiary/aromatic N) is 1. The third-order valence-electron chi connectivity index (χ3n) is 4.95. The topological polar surface area (TPSA) is 49.4 Å². The molecule has 4 nitrogen and oxygen atoms in total. The standard InChI is InChI=1S/C17H30N2O2/c1-5-6-7-10-19-15(20)14(11-12(2)3)18-16(21)17(19,4)13-8-9-13/h12-14H,5-11H2,1-4H3,(H,18,21). The molecule has 120 valence electrons. The van der Waals surface area contributed by atoms with E-state index in [-0.39, 0.29) is 17.9 Å². The summed E-state index contributed by atoms with van der Waals surface area (Å²) in [6.45, 7) is 9.04. The molecule has 0 aromatic heterocycles. The average Bonchev–Trinajstić information content (AvgIpc) is 3.24. The summed E-state index contributed by atoms with van der Waals surface area (Å²) < 4.78 is 0. The van der Waals surface area contributed by atoms with Gasteiger partial charge in [-0.2, -0.15) is 0 Å². The molecule has 1 aliphatic heterocycles. The summed E-state index contributed by atoms with van der Waals surface area (Å²) >= 11 is 0. The number of nitrogens with one attached hydrogen (secondary N) is 1. The van der Waals surface area contributed by atoms with Crippen LogP contribution in [0.15, 0.2) is 0 Å². The van der Waals surface area contributed by atoms with E-state index in [9.17, 15) is 9.59 Å². The highest BCUT2D eigenvalue weighted by molar-refractivity contribution is 6.00. The Hall–Kier alpha value is -1.06. The van der Waals surface area contributed by atoms with E-state index in [0.29, 0.717) is 11.8 Å². The molecule has 2 rings (SSSR count). The zero-order valence-corrected chi connectivity index (χ0v) is 13.9. The molecule has 1 heterocycles. The second-order valence-corrected chi connectivity index (χ2v) is 7.27. The Morgan fingerprint density at radius 3 is 2.48 bits per heavy atom. The number of piperazine rings is 1. The molecule has 21 heavy (non-hydrogen) atoms. The van der Waals surface area contributed by atoms with Gasteiger partial charge in [-0.3, -0.25) is 9.59 Å². The van der Waals surface area contributed by atoms with E-state index in [0.717, 1.165) is 45.1 Å². The maximum absolute atomic E-state index is 12.9. The van der Waals surface area contributed by atoms with Gasteiger partial charge in [0.15, 0.2) is 0 Å². The first-order valence-electron chi connectivity index (χ1n) is 8.53. The summed E-state index contributed by atoms with van der Waals surface area (Å²) in [6.07, 6.45) is 6.10. The average molecular weight is 294 g/mol. The van der Waals surface area contributed by atoms with Gasteiger partial charge < -0.3 is 10.2 Å². The molecule has 0 aromatic carbocycles. The third-order valence-corrected chi connectivity index (χ3v) is 4.95. The Morgan fingerprint density at radius 2 is 1.95 bits per heavy atom. The molecule has 1 aliphatic carbocycles. The molecule has 2 amide bonds. The van der Waals surface area contributed by atoms with E-state index in [1.54, 1.807) is 0 Å². The van der Waals surface area contributed by atoms with Crippen molar-refractivity contribution in [3.05, 3.63) is 0 Å². The van der Waals surface area contributed by atoms with E-state index in [2.05, 4.69) is 26.1 Å². The minimum Gasteiger partial charge on any atom is -0.342 e. The van der Waals surface area contributed by atoms with Gasteiger partial charge in [0, 0.05) is 6.54 Å². The maximum atomic E-state index is 12.9. The number of hydrogen-bond donors (Lipinski definition) is 1. The van der Waals surface area contributed by atoms with Crippen molar-refractivity contribution in [2.24, 2.45) is 11.8 Å². The Kier molecular flexibility index (Phi) is 4.95. The van der Waals surface area contributed by atoms with E-state index in [1.165, 1.54) is 0 Å². The van der Waals surface area contributed by atoms with Crippen LogP contribution in [0.4, 0.5) is 0 Å². The Morgan fingerprint density at radius 1 is 1.29 bits per heavy atom. The van der Waals surface area contributed by atoms with Gasteiger partial charge >= 0.3 is 0 Å². The summed E-state index contributed by atoms with van der Waals surface area (Å²) in [5.41, 5.74) is -0.613. The molecule has 1 saturated heterocycles. The highest BCUT2D eigenvalue weighted by Gasteiger charge is 2.56. The zero-order chi connectivity index (χ0) is 15.6. The second kappa shape index (κ2) is 6.37. The van der Waals surface area contributed by atoms with Gasteiger partial charge in [0.2, 0.25) is 11.8 Å². The van der Waals surface area contributed by atoms with E-state index in [1.807, 2.05) is 11.8 Å². The zero-order valence-electron chi connectivity index (χ0n) is 13.9. The van der Waals surface area contributed by atoms with Crippen molar-refractivity contribution in [2.45, 2.75) is 77.8 Å². The minimum absolute atomic E-state index is 0.0618. The van der Waals surface area contributed by atoms with Crippen LogP contribution in [0.3, 0.4) is 0 Å². The number of amides is 2. The van der Waals surface area contributed by atoms with Crippen LogP contribution in [0.25, 0.3) is 0 Å². The normalized spacial score (nSPS) is 30.0. The summed E-state index contributed by atoms with van der Waals surface area (Å²) in [6, 6.07) is -0.328. The van der Waals surface area contributed by atoms with E-state index < -0.39 is 5.54 Å². The summed E-state index contributed by atoms with van der Waals surface area (Å²) in [4.78, 5) is 27.4. The lowest BCUT2D eigenvalue weighted by Gasteiger charge is -2.47. The molecule has 0 aromatic rings. The first-order valence-corrected chi connectivity index (χ1v) is 8.53. The molecule has 0 radical (unpaired) electrons. The molecule has 0 bridgehead atoms. The van der Waals surface area contributed by atoms with Gasteiger partial charge in [0.25, 0.3) is 0 Å². The molecule has 2 fully saturated rings. The Bertz CT molecular complexity index is 404. The lowest BCUT2D eigenvalue weighted by Crippen LogP contribution is -2.70. The van der Waals surface area contributed by atoms with Crippen molar-refractivity contribution in [3.8, 4) is 0 Å². The van der Waals surface area contributed by atoms with Crippen molar-refractivity contribution in [1.82, 2.24) is 10.2 Å². The highest BCUT2D eigenvalue weighted by atomic mass is 16.2. The minimum atomic E-state index is -0.613. The first kappa shape index (κ1) is 16.3. The summed E-state index contributed by atoms with van der Waals surface area (Å²) in [5, 5.41) is 3.00. The largest absolute Gasteiger partial charge is 0.342 e. The maximum Gasteiger partial charge on any atom is 0.246 e. The number of carbonyl (C=O) groups is 2. The third kappa shape index (κ3) is 3.24. The van der Waals surface area contributed by atoms with Crippen LogP contribution in [-0.4, -0.2) is 34.8 Å². The van der Waals surface area contributed by atoms with Gasteiger partial charge in [0.05, 0.1) is 0 Å². The van der Waals surface area contributed by atoms with Crippen molar-refractivity contribution in [3.63, 3.8) is 0 Å². The molecule has 0 spiro atoms. The summed E-state index contributed by atoms with van der Waals surface area (Å²) in [5.74, 6) is 0.950. The molecule has 2 atom stereocenters. The molecule has 4 heteroatoms. The van der Waals surface area contributed by atoms with Gasteiger partial charge in [-0.1, -0.05) is 33.6 Å². The molecule has 2 unspecified atom stereocenters. The SMILES string of the molecule is CCCCCN1C(=O)C(CC(C)C)NC(=O)C1(C)C1CC1.